The predicted octanol–water partition coefficient (Wildman–Crippen LogP) is 1.95. The zero-order valence-corrected chi connectivity index (χ0v) is 6.85. The van der Waals surface area contributed by atoms with E-state index in [0.717, 1.165) is 18.8 Å². The molecule has 58 valence electrons. The van der Waals surface area contributed by atoms with Gasteiger partial charge in [0.25, 0.3) is 0 Å². The molecular formula is C9H16O. The Bertz CT molecular complexity index is 144. The van der Waals surface area contributed by atoms with Crippen LogP contribution in [0, 0.1) is 11.3 Å². The Hall–Kier alpha value is -0.0400. The second-order valence-corrected chi connectivity index (χ2v) is 4.86. The molecule has 0 aliphatic heterocycles. The fraction of sp³-hybridized carbons (Fsp3) is 1.00. The highest BCUT2D eigenvalue weighted by Crippen LogP contribution is 2.62. The van der Waals surface area contributed by atoms with Crippen LogP contribution in [0.15, 0.2) is 0 Å². The monoisotopic (exact) mass is 140 g/mol. The third-order valence-corrected chi connectivity index (χ3v) is 3.07. The molecule has 0 bridgehead atoms. The zero-order chi connectivity index (χ0) is 7.41. The van der Waals surface area contributed by atoms with Crippen molar-refractivity contribution in [1.29, 1.82) is 0 Å². The second-order valence-electron chi connectivity index (χ2n) is 4.86. The van der Waals surface area contributed by atoms with Crippen molar-refractivity contribution < 1.29 is 5.11 Å². The normalized spacial score (nSPS) is 59.7. The van der Waals surface area contributed by atoms with E-state index in [0.29, 0.717) is 5.41 Å². The van der Waals surface area contributed by atoms with Crippen LogP contribution in [0.4, 0.5) is 0 Å². The summed E-state index contributed by atoms with van der Waals surface area (Å²) < 4.78 is 0. The van der Waals surface area contributed by atoms with Gasteiger partial charge in [0, 0.05) is 0 Å². The van der Waals surface area contributed by atoms with Gasteiger partial charge < -0.3 is 5.11 Å². The van der Waals surface area contributed by atoms with Crippen LogP contribution < -0.4 is 0 Å². The van der Waals surface area contributed by atoms with Gasteiger partial charge in [-0.2, -0.15) is 0 Å². The molecule has 0 atom stereocenters. The number of rotatable bonds is 0. The van der Waals surface area contributed by atoms with E-state index in [4.69, 9.17) is 0 Å². The largest absolute Gasteiger partial charge is 0.390 e. The van der Waals surface area contributed by atoms with Gasteiger partial charge in [0.05, 0.1) is 5.60 Å². The summed E-state index contributed by atoms with van der Waals surface area (Å²) in [6.45, 7) is 4.26. The number of aliphatic hydroxyl groups is 1. The summed E-state index contributed by atoms with van der Waals surface area (Å²) in [5, 5.41) is 9.50. The zero-order valence-electron chi connectivity index (χ0n) is 6.85. The first-order valence-corrected chi connectivity index (χ1v) is 4.24. The molecule has 0 aromatic rings. The number of hydrogen-bond acceptors (Lipinski definition) is 1. The SMILES string of the molecule is CC1CC2(C1)CC(C)(O)C2. The first kappa shape index (κ1) is 6.66. The lowest BCUT2D eigenvalue weighted by atomic mass is 9.47. The quantitative estimate of drug-likeness (QED) is 0.545. The summed E-state index contributed by atoms with van der Waals surface area (Å²) in [6, 6.07) is 0. The average molecular weight is 140 g/mol. The van der Waals surface area contributed by atoms with E-state index in [-0.39, 0.29) is 5.60 Å². The smallest absolute Gasteiger partial charge is 0.0630 e. The van der Waals surface area contributed by atoms with Gasteiger partial charge in [-0.1, -0.05) is 6.92 Å². The lowest BCUT2D eigenvalue weighted by molar-refractivity contribution is -0.167. The average Bonchev–Trinajstić information content (AvgIpc) is 1.55. The molecule has 0 radical (unpaired) electrons. The Morgan fingerprint density at radius 3 is 2.10 bits per heavy atom. The van der Waals surface area contributed by atoms with Crippen molar-refractivity contribution in [3.05, 3.63) is 0 Å². The fourth-order valence-corrected chi connectivity index (χ4v) is 3.27. The summed E-state index contributed by atoms with van der Waals surface area (Å²) in [6.07, 6.45) is 4.85. The maximum Gasteiger partial charge on any atom is 0.0630 e. The van der Waals surface area contributed by atoms with Gasteiger partial charge in [0.15, 0.2) is 0 Å². The lowest BCUT2D eigenvalue weighted by Crippen LogP contribution is -2.55. The molecule has 1 heteroatoms. The molecule has 0 aromatic heterocycles. The van der Waals surface area contributed by atoms with E-state index in [9.17, 15) is 5.11 Å². The maximum absolute atomic E-state index is 9.50. The third kappa shape index (κ3) is 0.800. The van der Waals surface area contributed by atoms with Crippen molar-refractivity contribution in [2.24, 2.45) is 11.3 Å². The molecule has 0 saturated heterocycles. The van der Waals surface area contributed by atoms with E-state index in [1.54, 1.807) is 0 Å². The van der Waals surface area contributed by atoms with Gasteiger partial charge >= 0.3 is 0 Å². The van der Waals surface area contributed by atoms with E-state index >= 15 is 0 Å². The first-order chi connectivity index (χ1) is 4.52. The molecule has 1 spiro atoms. The Balaban J connectivity index is 1.91. The maximum atomic E-state index is 9.50. The Labute approximate surface area is 62.4 Å². The fourth-order valence-electron chi connectivity index (χ4n) is 3.27. The summed E-state index contributed by atoms with van der Waals surface area (Å²) in [7, 11) is 0. The van der Waals surface area contributed by atoms with Crippen LogP contribution in [0.2, 0.25) is 0 Å². The van der Waals surface area contributed by atoms with Crippen molar-refractivity contribution in [2.75, 3.05) is 0 Å². The Morgan fingerprint density at radius 2 is 1.80 bits per heavy atom. The minimum absolute atomic E-state index is 0.305. The molecule has 1 N–H and O–H groups in total. The van der Waals surface area contributed by atoms with Gasteiger partial charge in [-0.15, -0.1) is 0 Å². The molecule has 2 rings (SSSR count). The third-order valence-electron chi connectivity index (χ3n) is 3.07. The van der Waals surface area contributed by atoms with Crippen molar-refractivity contribution >= 4 is 0 Å². The molecule has 0 heterocycles. The highest BCUT2D eigenvalue weighted by atomic mass is 16.3. The summed E-state index contributed by atoms with van der Waals surface area (Å²) in [5.74, 6) is 0.927. The Kier molecular flexibility index (Phi) is 1.05. The van der Waals surface area contributed by atoms with Crippen LogP contribution in [0.1, 0.15) is 39.5 Å². The van der Waals surface area contributed by atoms with Crippen molar-refractivity contribution in [3.8, 4) is 0 Å². The van der Waals surface area contributed by atoms with Crippen LogP contribution in [0.25, 0.3) is 0 Å². The molecular weight excluding hydrogens is 124 g/mol. The summed E-state index contributed by atoms with van der Waals surface area (Å²) >= 11 is 0. The van der Waals surface area contributed by atoms with Crippen LogP contribution in [-0.4, -0.2) is 10.7 Å². The lowest BCUT2D eigenvalue weighted by Gasteiger charge is -2.60. The van der Waals surface area contributed by atoms with E-state index in [2.05, 4.69) is 6.92 Å². The summed E-state index contributed by atoms with van der Waals surface area (Å²) in [5.41, 5.74) is 0.295. The van der Waals surface area contributed by atoms with Gasteiger partial charge in [0.2, 0.25) is 0 Å². The highest BCUT2D eigenvalue weighted by Gasteiger charge is 2.56. The standard InChI is InChI=1S/C9H16O/c1-7-3-9(4-7)5-8(2,10)6-9/h7,10H,3-6H2,1-2H3. The summed E-state index contributed by atoms with van der Waals surface area (Å²) in [4.78, 5) is 0. The van der Waals surface area contributed by atoms with E-state index in [1.165, 1.54) is 12.8 Å². The van der Waals surface area contributed by atoms with Gasteiger partial charge in [-0.3, -0.25) is 0 Å². The highest BCUT2D eigenvalue weighted by molar-refractivity contribution is 5.07. The van der Waals surface area contributed by atoms with E-state index < -0.39 is 0 Å². The van der Waals surface area contributed by atoms with Crippen LogP contribution >= 0.6 is 0 Å². The van der Waals surface area contributed by atoms with Crippen LogP contribution in [0.5, 0.6) is 0 Å². The minimum Gasteiger partial charge on any atom is -0.390 e. The van der Waals surface area contributed by atoms with Gasteiger partial charge in [-0.05, 0) is 43.9 Å². The minimum atomic E-state index is -0.305. The molecule has 2 aliphatic carbocycles. The van der Waals surface area contributed by atoms with Crippen LogP contribution in [-0.2, 0) is 0 Å². The van der Waals surface area contributed by atoms with E-state index in [1.807, 2.05) is 6.92 Å². The second kappa shape index (κ2) is 1.58. The molecule has 2 fully saturated rings. The topological polar surface area (TPSA) is 20.2 Å². The van der Waals surface area contributed by atoms with Crippen molar-refractivity contribution in [2.45, 2.75) is 45.1 Å². The molecule has 10 heavy (non-hydrogen) atoms. The molecule has 0 amide bonds. The van der Waals surface area contributed by atoms with Crippen LogP contribution in [0.3, 0.4) is 0 Å². The predicted molar refractivity (Wildman–Crippen MR) is 40.7 cm³/mol. The Morgan fingerprint density at radius 1 is 1.30 bits per heavy atom. The van der Waals surface area contributed by atoms with Crippen molar-refractivity contribution in [3.63, 3.8) is 0 Å². The van der Waals surface area contributed by atoms with Crippen molar-refractivity contribution in [1.82, 2.24) is 0 Å². The first-order valence-electron chi connectivity index (χ1n) is 4.24. The molecule has 0 unspecified atom stereocenters. The molecule has 1 nitrogen and oxygen atoms in total. The molecule has 2 saturated carbocycles. The van der Waals surface area contributed by atoms with Gasteiger partial charge in [-0.25, -0.2) is 0 Å². The molecule has 2 aliphatic rings. The molecule has 0 aromatic carbocycles. The number of hydrogen-bond donors (Lipinski definition) is 1. The van der Waals surface area contributed by atoms with Gasteiger partial charge in [0.1, 0.15) is 0 Å².